The lowest BCUT2D eigenvalue weighted by atomic mass is 9.96. The van der Waals surface area contributed by atoms with E-state index in [1.54, 1.807) is 12.1 Å². The van der Waals surface area contributed by atoms with Crippen LogP contribution in [-0.4, -0.2) is 12.5 Å². The normalized spacial score (nSPS) is 12.8. The van der Waals surface area contributed by atoms with Gasteiger partial charge in [-0.05, 0) is 12.1 Å². The predicted molar refractivity (Wildman–Crippen MR) is 60.0 cm³/mol. The number of amides is 1. The van der Waals surface area contributed by atoms with Crippen LogP contribution in [0.4, 0.5) is 4.39 Å². The number of rotatable bonds is 5. The Balaban J connectivity index is 2.77. The van der Waals surface area contributed by atoms with Gasteiger partial charge in [-0.1, -0.05) is 26.0 Å². The molecule has 4 N–H and O–H groups in total. The lowest BCUT2D eigenvalue weighted by molar-refractivity contribution is -0.692. The van der Waals surface area contributed by atoms with Crippen molar-refractivity contribution < 1.29 is 14.5 Å². The molecule has 0 heterocycles. The number of carbonyl (C=O) groups excluding carboxylic acids is 1. The standard InChI is InChI=1S/C12H17FN2O/c1-8(2)12(15-7-11(14)16)9-3-5-10(13)6-4-9/h3-6,8,12,15H,7H2,1-2H3,(H2,14,16)/p+1/t12-/m0/s1. The third kappa shape index (κ3) is 3.62. The highest BCUT2D eigenvalue weighted by Crippen LogP contribution is 2.17. The second-order valence-electron chi connectivity index (χ2n) is 4.23. The summed E-state index contributed by atoms with van der Waals surface area (Å²) < 4.78 is 12.8. The fraction of sp³-hybridized carbons (Fsp3) is 0.417. The molecule has 0 aliphatic rings. The van der Waals surface area contributed by atoms with Crippen molar-refractivity contribution in [3.8, 4) is 0 Å². The van der Waals surface area contributed by atoms with Crippen LogP contribution in [0.15, 0.2) is 24.3 Å². The molecule has 88 valence electrons. The monoisotopic (exact) mass is 225 g/mol. The number of nitrogens with two attached hydrogens (primary N) is 2. The molecule has 0 aromatic heterocycles. The summed E-state index contributed by atoms with van der Waals surface area (Å²) in [4.78, 5) is 10.7. The van der Waals surface area contributed by atoms with Gasteiger partial charge in [-0.3, -0.25) is 4.79 Å². The molecule has 0 aliphatic heterocycles. The smallest absolute Gasteiger partial charge is 0.272 e. The molecule has 4 heteroatoms. The maximum Gasteiger partial charge on any atom is 0.272 e. The minimum atomic E-state index is -0.340. The number of quaternary nitrogens is 1. The number of primary amides is 1. The highest BCUT2D eigenvalue weighted by atomic mass is 19.1. The van der Waals surface area contributed by atoms with E-state index in [9.17, 15) is 9.18 Å². The van der Waals surface area contributed by atoms with Gasteiger partial charge in [-0.25, -0.2) is 4.39 Å². The predicted octanol–water partition coefficient (Wildman–Crippen LogP) is 0.572. The summed E-state index contributed by atoms with van der Waals surface area (Å²) in [6, 6.07) is 6.49. The molecule has 0 aliphatic carbocycles. The van der Waals surface area contributed by atoms with Gasteiger partial charge in [0.15, 0.2) is 6.54 Å². The molecule has 0 unspecified atom stereocenters. The summed E-state index contributed by atoms with van der Waals surface area (Å²) in [6.45, 7) is 4.37. The average molecular weight is 225 g/mol. The topological polar surface area (TPSA) is 59.7 Å². The quantitative estimate of drug-likeness (QED) is 0.756. The SMILES string of the molecule is CC(C)[C@H]([NH2+]CC(N)=O)c1ccc(F)cc1. The molecule has 0 radical (unpaired) electrons. The number of carbonyl (C=O) groups is 1. The molecule has 1 aromatic carbocycles. The first-order valence-electron chi connectivity index (χ1n) is 5.37. The second-order valence-corrected chi connectivity index (χ2v) is 4.23. The first-order chi connectivity index (χ1) is 7.50. The Morgan fingerprint density at radius 2 is 1.94 bits per heavy atom. The molecule has 0 bridgehead atoms. The van der Waals surface area contributed by atoms with Crippen molar-refractivity contribution in [3.63, 3.8) is 0 Å². The zero-order chi connectivity index (χ0) is 12.1. The summed E-state index contributed by atoms with van der Waals surface area (Å²) in [5, 5.41) is 1.89. The first-order valence-corrected chi connectivity index (χ1v) is 5.37. The fourth-order valence-electron chi connectivity index (χ4n) is 1.72. The molecule has 0 saturated heterocycles. The van der Waals surface area contributed by atoms with E-state index in [4.69, 9.17) is 5.73 Å². The minimum Gasteiger partial charge on any atom is -0.365 e. The van der Waals surface area contributed by atoms with Crippen molar-refractivity contribution in [2.75, 3.05) is 6.54 Å². The van der Waals surface area contributed by atoms with Gasteiger partial charge < -0.3 is 11.1 Å². The van der Waals surface area contributed by atoms with E-state index < -0.39 is 0 Å². The zero-order valence-electron chi connectivity index (χ0n) is 9.61. The summed E-state index contributed by atoms with van der Waals surface area (Å²) >= 11 is 0. The van der Waals surface area contributed by atoms with Crippen LogP contribution in [-0.2, 0) is 4.79 Å². The number of hydrogen-bond acceptors (Lipinski definition) is 1. The van der Waals surface area contributed by atoms with Crippen molar-refractivity contribution in [1.29, 1.82) is 0 Å². The van der Waals surface area contributed by atoms with Gasteiger partial charge in [-0.2, -0.15) is 0 Å². The van der Waals surface area contributed by atoms with E-state index >= 15 is 0 Å². The van der Waals surface area contributed by atoms with Crippen LogP contribution in [0.3, 0.4) is 0 Å². The summed E-state index contributed by atoms with van der Waals surface area (Å²) in [6.07, 6.45) is 0. The molecule has 0 fully saturated rings. The van der Waals surface area contributed by atoms with Crippen LogP contribution >= 0.6 is 0 Å². The Labute approximate surface area is 94.8 Å². The summed E-state index contributed by atoms with van der Waals surface area (Å²) in [5.74, 6) is -0.237. The zero-order valence-corrected chi connectivity index (χ0v) is 9.61. The fourth-order valence-corrected chi connectivity index (χ4v) is 1.72. The van der Waals surface area contributed by atoms with Crippen LogP contribution in [0.5, 0.6) is 0 Å². The van der Waals surface area contributed by atoms with Crippen molar-refractivity contribution in [1.82, 2.24) is 0 Å². The largest absolute Gasteiger partial charge is 0.365 e. The highest BCUT2D eigenvalue weighted by molar-refractivity contribution is 5.74. The Hall–Kier alpha value is -1.42. The molecule has 1 atom stereocenters. The first kappa shape index (κ1) is 12.6. The molecule has 1 aromatic rings. The minimum absolute atomic E-state index is 0.132. The maximum absolute atomic E-state index is 12.8. The van der Waals surface area contributed by atoms with Crippen molar-refractivity contribution in [2.24, 2.45) is 11.7 Å². The van der Waals surface area contributed by atoms with Crippen molar-refractivity contribution in [3.05, 3.63) is 35.6 Å². The Morgan fingerprint density at radius 1 is 1.38 bits per heavy atom. The van der Waals surface area contributed by atoms with E-state index in [-0.39, 0.29) is 24.3 Å². The third-order valence-electron chi connectivity index (χ3n) is 2.55. The second kappa shape index (κ2) is 5.61. The molecular weight excluding hydrogens is 207 g/mol. The van der Waals surface area contributed by atoms with Gasteiger partial charge in [0.1, 0.15) is 11.9 Å². The van der Waals surface area contributed by atoms with Gasteiger partial charge >= 0.3 is 0 Å². The van der Waals surface area contributed by atoms with E-state index in [1.807, 2.05) is 5.32 Å². The van der Waals surface area contributed by atoms with Gasteiger partial charge in [0.2, 0.25) is 0 Å². The summed E-state index contributed by atoms with van der Waals surface area (Å²) in [5.41, 5.74) is 6.12. The molecule has 1 rings (SSSR count). The highest BCUT2D eigenvalue weighted by Gasteiger charge is 2.19. The summed E-state index contributed by atoms with van der Waals surface area (Å²) in [7, 11) is 0. The van der Waals surface area contributed by atoms with Gasteiger partial charge in [0.05, 0.1) is 0 Å². The number of benzene rings is 1. The number of hydrogen-bond donors (Lipinski definition) is 2. The Bertz CT molecular complexity index is 349. The van der Waals surface area contributed by atoms with E-state index in [0.29, 0.717) is 5.92 Å². The van der Waals surface area contributed by atoms with Crippen LogP contribution < -0.4 is 11.1 Å². The van der Waals surface area contributed by atoms with Crippen LogP contribution in [0.1, 0.15) is 25.5 Å². The Kier molecular flexibility index (Phi) is 4.43. The molecular formula is C12H18FN2O+. The van der Waals surface area contributed by atoms with Crippen molar-refractivity contribution >= 4 is 5.91 Å². The molecule has 3 nitrogen and oxygen atoms in total. The van der Waals surface area contributed by atoms with E-state index in [2.05, 4.69) is 13.8 Å². The molecule has 16 heavy (non-hydrogen) atoms. The average Bonchev–Trinajstić information content (AvgIpc) is 2.20. The van der Waals surface area contributed by atoms with Crippen LogP contribution in [0.25, 0.3) is 0 Å². The molecule has 1 amide bonds. The lowest BCUT2D eigenvalue weighted by Crippen LogP contribution is -2.88. The van der Waals surface area contributed by atoms with E-state index in [1.165, 1.54) is 12.1 Å². The van der Waals surface area contributed by atoms with Gasteiger partial charge in [-0.15, -0.1) is 0 Å². The third-order valence-corrected chi connectivity index (χ3v) is 2.55. The van der Waals surface area contributed by atoms with Crippen LogP contribution in [0, 0.1) is 11.7 Å². The van der Waals surface area contributed by atoms with Crippen LogP contribution in [0.2, 0.25) is 0 Å². The maximum atomic E-state index is 12.8. The van der Waals surface area contributed by atoms with Gasteiger partial charge in [0.25, 0.3) is 5.91 Å². The van der Waals surface area contributed by atoms with E-state index in [0.717, 1.165) is 5.56 Å². The number of halogens is 1. The molecule has 0 saturated carbocycles. The molecule has 0 spiro atoms. The Morgan fingerprint density at radius 3 is 2.38 bits per heavy atom. The van der Waals surface area contributed by atoms with Crippen molar-refractivity contribution in [2.45, 2.75) is 19.9 Å². The lowest BCUT2D eigenvalue weighted by Gasteiger charge is -2.18. The van der Waals surface area contributed by atoms with Gasteiger partial charge in [0, 0.05) is 11.5 Å².